The largest absolute Gasteiger partial charge is 0.444 e. The average Bonchev–Trinajstić information content (AvgIpc) is 3.01. The van der Waals surface area contributed by atoms with Gasteiger partial charge in [-0.1, -0.05) is 6.92 Å². The lowest BCUT2D eigenvalue weighted by atomic mass is 10.0. The zero-order valence-electron chi connectivity index (χ0n) is 13.0. The lowest BCUT2D eigenvalue weighted by molar-refractivity contribution is -0.00669. The average molecular weight is 292 g/mol. The zero-order chi connectivity index (χ0) is 15.6. The van der Waals surface area contributed by atoms with Gasteiger partial charge in [0.05, 0.1) is 13.1 Å². The first-order valence-electron chi connectivity index (χ1n) is 7.02. The fourth-order valence-corrected chi connectivity index (χ4v) is 1.76. The van der Waals surface area contributed by atoms with Crippen LogP contribution in [0.1, 0.15) is 47.5 Å². The highest BCUT2D eigenvalue weighted by Gasteiger charge is 2.43. The van der Waals surface area contributed by atoms with Gasteiger partial charge in [0.25, 0.3) is 5.92 Å². The van der Waals surface area contributed by atoms with Crippen molar-refractivity contribution in [2.45, 2.75) is 65.0 Å². The van der Waals surface area contributed by atoms with Crippen LogP contribution in [-0.2, 0) is 4.74 Å². The predicted octanol–water partition coefficient (Wildman–Crippen LogP) is 2.92. The van der Waals surface area contributed by atoms with Gasteiger partial charge in [-0.2, -0.15) is 0 Å². The van der Waals surface area contributed by atoms with Crippen LogP contribution in [0, 0.1) is 5.41 Å². The van der Waals surface area contributed by atoms with Gasteiger partial charge in [0, 0.05) is 6.04 Å². The van der Waals surface area contributed by atoms with Crippen LogP contribution in [0.3, 0.4) is 0 Å². The van der Waals surface area contributed by atoms with Gasteiger partial charge in [-0.05, 0) is 46.0 Å². The van der Waals surface area contributed by atoms with E-state index in [0.29, 0.717) is 0 Å². The van der Waals surface area contributed by atoms with Crippen LogP contribution in [0.15, 0.2) is 0 Å². The van der Waals surface area contributed by atoms with Gasteiger partial charge in [-0.15, -0.1) is 0 Å². The molecule has 0 aromatic rings. The molecule has 1 aliphatic rings. The first kappa shape index (κ1) is 17.1. The monoisotopic (exact) mass is 292 g/mol. The molecule has 1 unspecified atom stereocenters. The second-order valence-corrected chi connectivity index (χ2v) is 6.97. The van der Waals surface area contributed by atoms with Crippen molar-refractivity contribution in [3.63, 3.8) is 0 Å². The Labute approximate surface area is 119 Å². The number of nitrogens with one attached hydrogen (secondary N) is 2. The molecule has 0 saturated heterocycles. The van der Waals surface area contributed by atoms with Gasteiger partial charge >= 0.3 is 6.09 Å². The van der Waals surface area contributed by atoms with Crippen molar-refractivity contribution in [2.75, 3.05) is 13.1 Å². The van der Waals surface area contributed by atoms with Crippen molar-refractivity contribution in [1.82, 2.24) is 10.6 Å². The molecule has 118 valence electrons. The number of carbonyl (C=O) groups excluding carboxylic acids is 1. The number of alkyl halides is 2. The fraction of sp³-hybridized carbons (Fsp3) is 0.929. The van der Waals surface area contributed by atoms with Crippen LogP contribution in [0.5, 0.6) is 0 Å². The highest BCUT2D eigenvalue weighted by atomic mass is 19.3. The Morgan fingerprint density at radius 1 is 1.30 bits per heavy atom. The van der Waals surface area contributed by atoms with E-state index >= 15 is 0 Å². The quantitative estimate of drug-likeness (QED) is 0.791. The van der Waals surface area contributed by atoms with Crippen LogP contribution in [0.25, 0.3) is 0 Å². The molecular formula is C14H26F2N2O2. The van der Waals surface area contributed by atoms with Gasteiger partial charge in [0.1, 0.15) is 5.60 Å². The number of alkyl carbamates (subject to hydrolysis) is 1. The van der Waals surface area contributed by atoms with Crippen LogP contribution in [-0.4, -0.2) is 36.7 Å². The molecule has 20 heavy (non-hydrogen) atoms. The molecule has 0 bridgehead atoms. The summed E-state index contributed by atoms with van der Waals surface area (Å²) in [5, 5.41) is 4.96. The molecule has 0 aromatic carbocycles. The standard InChI is InChI=1S/C14H26F2N2O2/c1-10(13(5)6-7-13)17-8-14(15,16)9-18-11(19)20-12(2,3)4/h10,17H,6-9H2,1-5H3,(H,18,19). The summed E-state index contributed by atoms with van der Waals surface area (Å²) in [5.41, 5.74) is -0.540. The Hall–Kier alpha value is -0.910. The molecular weight excluding hydrogens is 266 g/mol. The molecule has 1 amide bonds. The Morgan fingerprint density at radius 3 is 2.30 bits per heavy atom. The molecule has 1 rings (SSSR count). The lowest BCUT2D eigenvalue weighted by Crippen LogP contribution is -2.47. The van der Waals surface area contributed by atoms with E-state index in [-0.39, 0.29) is 11.5 Å². The summed E-state index contributed by atoms with van der Waals surface area (Å²) in [6.07, 6.45) is 1.32. The summed E-state index contributed by atoms with van der Waals surface area (Å²) in [6, 6.07) is 0.0508. The highest BCUT2D eigenvalue weighted by Crippen LogP contribution is 2.47. The third-order valence-electron chi connectivity index (χ3n) is 3.64. The van der Waals surface area contributed by atoms with E-state index in [1.54, 1.807) is 20.8 Å². The van der Waals surface area contributed by atoms with Gasteiger partial charge in [0.15, 0.2) is 0 Å². The number of carbonyl (C=O) groups is 1. The van der Waals surface area contributed by atoms with E-state index in [0.717, 1.165) is 12.8 Å². The molecule has 0 aliphatic heterocycles. The highest BCUT2D eigenvalue weighted by molar-refractivity contribution is 5.67. The summed E-state index contributed by atoms with van der Waals surface area (Å²) in [4.78, 5) is 11.3. The minimum Gasteiger partial charge on any atom is -0.444 e. The van der Waals surface area contributed by atoms with E-state index in [2.05, 4.69) is 17.6 Å². The van der Waals surface area contributed by atoms with Crippen molar-refractivity contribution in [3.05, 3.63) is 0 Å². The van der Waals surface area contributed by atoms with Gasteiger partial charge in [-0.3, -0.25) is 0 Å². The third-order valence-corrected chi connectivity index (χ3v) is 3.64. The molecule has 1 saturated carbocycles. The van der Waals surface area contributed by atoms with Crippen molar-refractivity contribution >= 4 is 6.09 Å². The van der Waals surface area contributed by atoms with E-state index in [1.807, 2.05) is 6.92 Å². The maximum Gasteiger partial charge on any atom is 0.407 e. The molecule has 1 fully saturated rings. The van der Waals surface area contributed by atoms with Crippen LogP contribution in [0.4, 0.5) is 13.6 Å². The van der Waals surface area contributed by atoms with E-state index in [1.165, 1.54) is 0 Å². The minimum absolute atomic E-state index is 0.0508. The van der Waals surface area contributed by atoms with Crippen LogP contribution in [0.2, 0.25) is 0 Å². The van der Waals surface area contributed by atoms with Gasteiger partial charge in [-0.25, -0.2) is 13.6 Å². The van der Waals surface area contributed by atoms with Crippen molar-refractivity contribution in [3.8, 4) is 0 Å². The van der Waals surface area contributed by atoms with Crippen LogP contribution >= 0.6 is 0 Å². The fourth-order valence-electron chi connectivity index (χ4n) is 1.76. The maximum atomic E-state index is 13.7. The minimum atomic E-state index is -2.99. The van der Waals surface area contributed by atoms with Crippen molar-refractivity contribution in [2.24, 2.45) is 5.41 Å². The summed E-state index contributed by atoms with van der Waals surface area (Å²) < 4.78 is 32.2. The van der Waals surface area contributed by atoms with E-state index < -0.39 is 30.7 Å². The molecule has 4 nitrogen and oxygen atoms in total. The van der Waals surface area contributed by atoms with Crippen molar-refractivity contribution < 1.29 is 18.3 Å². The molecule has 0 heterocycles. The Kier molecular flexibility index (Phi) is 5.00. The second-order valence-electron chi connectivity index (χ2n) is 6.97. The third kappa shape index (κ3) is 6.03. The molecule has 0 spiro atoms. The summed E-state index contributed by atoms with van der Waals surface area (Å²) in [7, 11) is 0. The Balaban J connectivity index is 2.28. The smallest absolute Gasteiger partial charge is 0.407 e. The predicted molar refractivity (Wildman–Crippen MR) is 74.0 cm³/mol. The number of halogens is 2. The normalized spacial score (nSPS) is 19.4. The Morgan fingerprint density at radius 2 is 1.85 bits per heavy atom. The first-order chi connectivity index (χ1) is 8.94. The van der Waals surface area contributed by atoms with E-state index in [9.17, 15) is 13.6 Å². The Bertz CT molecular complexity index is 350. The number of hydrogen-bond donors (Lipinski definition) is 2. The summed E-state index contributed by atoms with van der Waals surface area (Å²) >= 11 is 0. The number of amides is 1. The summed E-state index contributed by atoms with van der Waals surface area (Å²) in [6.45, 7) is 7.89. The number of ether oxygens (including phenoxy) is 1. The number of hydrogen-bond acceptors (Lipinski definition) is 3. The molecule has 6 heteroatoms. The van der Waals surface area contributed by atoms with Crippen LogP contribution < -0.4 is 10.6 Å². The lowest BCUT2D eigenvalue weighted by Gasteiger charge is -2.25. The van der Waals surface area contributed by atoms with Gasteiger partial charge < -0.3 is 15.4 Å². The maximum absolute atomic E-state index is 13.7. The first-order valence-corrected chi connectivity index (χ1v) is 7.02. The SMILES string of the molecule is CC(NCC(F)(F)CNC(=O)OC(C)(C)C)C1(C)CC1. The topological polar surface area (TPSA) is 50.4 Å². The zero-order valence-corrected chi connectivity index (χ0v) is 13.0. The number of rotatable bonds is 6. The molecule has 0 radical (unpaired) electrons. The van der Waals surface area contributed by atoms with Crippen molar-refractivity contribution in [1.29, 1.82) is 0 Å². The molecule has 0 aromatic heterocycles. The molecule has 2 N–H and O–H groups in total. The second kappa shape index (κ2) is 5.84. The molecule has 1 aliphatic carbocycles. The molecule has 1 atom stereocenters. The van der Waals surface area contributed by atoms with Gasteiger partial charge in [0.2, 0.25) is 0 Å². The summed E-state index contributed by atoms with van der Waals surface area (Å²) in [5.74, 6) is -2.99. The van der Waals surface area contributed by atoms with E-state index in [4.69, 9.17) is 4.74 Å².